The number of hydrogen-bond acceptors (Lipinski definition) is 3. The molecule has 100 valence electrons. The predicted octanol–water partition coefficient (Wildman–Crippen LogP) is 3.25. The second-order valence-electron chi connectivity index (χ2n) is 4.16. The first-order valence-corrected chi connectivity index (χ1v) is 6.87. The van der Waals surface area contributed by atoms with Gasteiger partial charge in [0.25, 0.3) is 0 Å². The Morgan fingerprint density at radius 3 is 2.84 bits per heavy atom. The number of carbonyl (C=O) groups excluding carboxylic acids is 1. The van der Waals surface area contributed by atoms with Gasteiger partial charge in [-0.3, -0.25) is 5.10 Å². The Balaban J connectivity index is 2.31. The minimum Gasteiger partial charge on any atom is -0.462 e. The molecule has 2 aromatic rings. The summed E-state index contributed by atoms with van der Waals surface area (Å²) in [6.45, 7) is 3.97. The van der Waals surface area contributed by atoms with Crippen LogP contribution in [0.4, 0.5) is 0 Å². The van der Waals surface area contributed by atoms with Crippen molar-refractivity contribution in [1.29, 1.82) is 0 Å². The molecular weight excluding hydrogens is 308 g/mol. The van der Waals surface area contributed by atoms with Gasteiger partial charge in [0, 0.05) is 16.6 Å². The standard InChI is InChI=1S/C14H15BrN2O2/c1-3-19-14(18)13-9(2)16-17-12(13)8-10-6-4-5-7-11(10)15/h4-7H,3,8H2,1-2H3,(H,16,17). The van der Waals surface area contributed by atoms with Crippen LogP contribution in [0.1, 0.15) is 34.2 Å². The zero-order valence-corrected chi connectivity index (χ0v) is 12.5. The number of ether oxygens (including phenoxy) is 1. The van der Waals surface area contributed by atoms with Gasteiger partial charge in [0.05, 0.1) is 12.3 Å². The van der Waals surface area contributed by atoms with E-state index in [1.54, 1.807) is 6.92 Å². The molecule has 4 nitrogen and oxygen atoms in total. The molecule has 0 atom stereocenters. The van der Waals surface area contributed by atoms with Gasteiger partial charge in [-0.05, 0) is 25.5 Å². The van der Waals surface area contributed by atoms with Crippen LogP contribution in [0.25, 0.3) is 0 Å². The predicted molar refractivity (Wildman–Crippen MR) is 76.2 cm³/mol. The van der Waals surface area contributed by atoms with Crippen LogP contribution in [0.3, 0.4) is 0 Å². The fourth-order valence-electron chi connectivity index (χ4n) is 1.90. The Kier molecular flexibility index (Phi) is 4.37. The molecule has 1 aromatic carbocycles. The Morgan fingerprint density at radius 1 is 1.42 bits per heavy atom. The molecule has 1 aromatic heterocycles. The van der Waals surface area contributed by atoms with Crippen molar-refractivity contribution in [2.75, 3.05) is 6.61 Å². The van der Waals surface area contributed by atoms with Gasteiger partial charge < -0.3 is 4.74 Å². The number of nitrogens with one attached hydrogen (secondary N) is 1. The number of nitrogens with zero attached hydrogens (tertiary/aromatic N) is 1. The number of halogens is 1. The maximum atomic E-state index is 11.9. The topological polar surface area (TPSA) is 55.0 Å². The lowest BCUT2D eigenvalue weighted by atomic mass is 10.1. The Hall–Kier alpha value is -1.62. The minimum atomic E-state index is -0.323. The lowest BCUT2D eigenvalue weighted by molar-refractivity contribution is 0.0524. The smallest absolute Gasteiger partial charge is 0.341 e. The summed E-state index contributed by atoms with van der Waals surface area (Å²) in [6, 6.07) is 7.89. The van der Waals surface area contributed by atoms with Gasteiger partial charge in [0.2, 0.25) is 0 Å². The van der Waals surface area contributed by atoms with Crippen LogP contribution in [-0.4, -0.2) is 22.8 Å². The highest BCUT2D eigenvalue weighted by Crippen LogP contribution is 2.22. The van der Waals surface area contributed by atoms with E-state index in [1.807, 2.05) is 31.2 Å². The highest BCUT2D eigenvalue weighted by Gasteiger charge is 2.19. The van der Waals surface area contributed by atoms with Gasteiger partial charge in [-0.15, -0.1) is 0 Å². The largest absolute Gasteiger partial charge is 0.462 e. The van der Waals surface area contributed by atoms with Crippen molar-refractivity contribution in [3.05, 3.63) is 51.3 Å². The van der Waals surface area contributed by atoms with Crippen molar-refractivity contribution in [2.24, 2.45) is 0 Å². The lowest BCUT2D eigenvalue weighted by Gasteiger charge is -2.05. The van der Waals surface area contributed by atoms with Crippen molar-refractivity contribution >= 4 is 21.9 Å². The van der Waals surface area contributed by atoms with Crippen LogP contribution in [0.2, 0.25) is 0 Å². The summed E-state index contributed by atoms with van der Waals surface area (Å²) >= 11 is 3.50. The summed E-state index contributed by atoms with van der Waals surface area (Å²) in [5.74, 6) is -0.323. The molecule has 0 spiro atoms. The Bertz CT molecular complexity index is 593. The second kappa shape index (κ2) is 6.02. The molecule has 0 aliphatic rings. The maximum absolute atomic E-state index is 11.9. The summed E-state index contributed by atoms with van der Waals surface area (Å²) in [5, 5.41) is 7.06. The van der Waals surface area contributed by atoms with E-state index < -0.39 is 0 Å². The van der Waals surface area contributed by atoms with Crippen molar-refractivity contribution < 1.29 is 9.53 Å². The van der Waals surface area contributed by atoms with Crippen molar-refractivity contribution in [1.82, 2.24) is 10.2 Å². The monoisotopic (exact) mass is 322 g/mol. The molecule has 1 N–H and O–H groups in total. The van der Waals surface area contributed by atoms with E-state index in [2.05, 4.69) is 26.1 Å². The third kappa shape index (κ3) is 3.04. The molecule has 0 aliphatic heterocycles. The van der Waals surface area contributed by atoms with E-state index in [1.165, 1.54) is 0 Å². The summed E-state index contributed by atoms with van der Waals surface area (Å²) in [5.41, 5.74) is 3.07. The molecule has 5 heteroatoms. The zero-order valence-electron chi connectivity index (χ0n) is 10.9. The zero-order chi connectivity index (χ0) is 13.8. The quantitative estimate of drug-likeness (QED) is 0.879. The maximum Gasteiger partial charge on any atom is 0.341 e. The summed E-state index contributed by atoms with van der Waals surface area (Å²) in [4.78, 5) is 11.9. The van der Waals surface area contributed by atoms with Crippen LogP contribution in [-0.2, 0) is 11.2 Å². The van der Waals surface area contributed by atoms with Crippen LogP contribution >= 0.6 is 15.9 Å². The first-order chi connectivity index (χ1) is 9.13. The molecule has 0 saturated heterocycles. The molecule has 0 bridgehead atoms. The molecule has 1 heterocycles. The number of H-pyrrole nitrogens is 1. The highest BCUT2D eigenvalue weighted by molar-refractivity contribution is 9.10. The second-order valence-corrected chi connectivity index (χ2v) is 5.01. The Labute approximate surface area is 120 Å². The number of carbonyl (C=O) groups is 1. The van der Waals surface area contributed by atoms with Gasteiger partial charge in [-0.2, -0.15) is 5.10 Å². The number of aromatic nitrogens is 2. The summed E-state index contributed by atoms with van der Waals surface area (Å²) in [7, 11) is 0. The molecular formula is C14H15BrN2O2. The SMILES string of the molecule is CCOC(=O)c1c(Cc2ccccc2Br)n[nH]c1C. The number of esters is 1. The fourth-order valence-corrected chi connectivity index (χ4v) is 2.33. The molecule has 0 unspecified atom stereocenters. The van der Waals surface area contributed by atoms with Gasteiger partial charge in [0.1, 0.15) is 5.56 Å². The lowest BCUT2D eigenvalue weighted by Crippen LogP contribution is -2.08. The first-order valence-electron chi connectivity index (χ1n) is 6.07. The van der Waals surface area contributed by atoms with Gasteiger partial charge in [0.15, 0.2) is 0 Å². The third-order valence-electron chi connectivity index (χ3n) is 2.82. The van der Waals surface area contributed by atoms with E-state index >= 15 is 0 Å². The fraction of sp³-hybridized carbons (Fsp3) is 0.286. The van der Waals surface area contributed by atoms with E-state index in [-0.39, 0.29) is 5.97 Å². The number of aromatic amines is 1. The number of benzene rings is 1. The van der Waals surface area contributed by atoms with Gasteiger partial charge in [-0.1, -0.05) is 34.1 Å². The number of hydrogen-bond donors (Lipinski definition) is 1. The van der Waals surface area contributed by atoms with Gasteiger partial charge in [-0.25, -0.2) is 4.79 Å². The van der Waals surface area contributed by atoms with Crippen molar-refractivity contribution in [2.45, 2.75) is 20.3 Å². The van der Waals surface area contributed by atoms with Crippen LogP contribution in [0, 0.1) is 6.92 Å². The van der Waals surface area contributed by atoms with Crippen molar-refractivity contribution in [3.8, 4) is 0 Å². The molecule has 0 saturated carbocycles. The molecule has 0 fully saturated rings. The van der Waals surface area contributed by atoms with E-state index in [9.17, 15) is 4.79 Å². The van der Waals surface area contributed by atoms with Gasteiger partial charge >= 0.3 is 5.97 Å². The van der Waals surface area contributed by atoms with Crippen LogP contribution in [0.5, 0.6) is 0 Å². The van der Waals surface area contributed by atoms with E-state index in [4.69, 9.17) is 4.74 Å². The van der Waals surface area contributed by atoms with E-state index in [0.29, 0.717) is 24.3 Å². The van der Waals surface area contributed by atoms with Crippen molar-refractivity contribution in [3.63, 3.8) is 0 Å². The first kappa shape index (κ1) is 13.8. The summed E-state index contributed by atoms with van der Waals surface area (Å²) in [6.07, 6.45) is 0.583. The molecule has 19 heavy (non-hydrogen) atoms. The number of rotatable bonds is 4. The Morgan fingerprint density at radius 2 is 2.16 bits per heavy atom. The van der Waals surface area contributed by atoms with Crippen LogP contribution in [0.15, 0.2) is 28.7 Å². The molecule has 0 aliphatic carbocycles. The van der Waals surface area contributed by atoms with E-state index in [0.717, 1.165) is 15.7 Å². The molecule has 2 rings (SSSR count). The summed E-state index contributed by atoms with van der Waals surface area (Å²) < 4.78 is 6.07. The molecule has 0 amide bonds. The highest BCUT2D eigenvalue weighted by atomic mass is 79.9. The minimum absolute atomic E-state index is 0.323. The molecule has 0 radical (unpaired) electrons. The number of aryl methyl sites for hydroxylation is 1. The normalized spacial score (nSPS) is 10.5. The average molecular weight is 323 g/mol. The third-order valence-corrected chi connectivity index (χ3v) is 3.59. The van der Waals surface area contributed by atoms with Crippen LogP contribution < -0.4 is 0 Å². The average Bonchev–Trinajstić information content (AvgIpc) is 2.74.